The van der Waals surface area contributed by atoms with Crippen molar-refractivity contribution in [1.29, 1.82) is 0 Å². The number of esters is 1. The molecule has 144 valence electrons. The standard InChI is InChI=1S/C22H20ClNO3S/c1-14-12-20(21(25)13-28-19-10-6-17(23)7-11-19)15(2)24(14)18-8-4-16(5-9-18)22(26)27-3/h4-12H,13H2,1-3H3. The van der Waals surface area contributed by atoms with E-state index in [1.165, 1.54) is 18.9 Å². The number of methoxy groups -OCH3 is 1. The average molecular weight is 414 g/mol. The zero-order valence-electron chi connectivity index (χ0n) is 15.9. The van der Waals surface area contributed by atoms with E-state index < -0.39 is 0 Å². The third-order valence-corrected chi connectivity index (χ3v) is 5.73. The first-order chi connectivity index (χ1) is 13.4. The molecule has 0 aliphatic heterocycles. The van der Waals surface area contributed by atoms with Crippen LogP contribution in [-0.4, -0.2) is 29.2 Å². The maximum absolute atomic E-state index is 12.8. The number of Topliss-reactive ketones (excluding diaryl/α,β-unsaturated/α-hetero) is 1. The van der Waals surface area contributed by atoms with Crippen LogP contribution >= 0.6 is 23.4 Å². The Hall–Kier alpha value is -2.50. The minimum absolute atomic E-state index is 0.0745. The van der Waals surface area contributed by atoms with Gasteiger partial charge in [-0.2, -0.15) is 0 Å². The number of ether oxygens (including phenoxy) is 1. The van der Waals surface area contributed by atoms with Crippen LogP contribution in [0.2, 0.25) is 5.02 Å². The van der Waals surface area contributed by atoms with Crippen molar-refractivity contribution in [3.8, 4) is 5.69 Å². The largest absolute Gasteiger partial charge is 0.465 e. The fourth-order valence-corrected chi connectivity index (χ4v) is 3.97. The molecule has 0 aliphatic rings. The summed E-state index contributed by atoms with van der Waals surface area (Å²) in [6.07, 6.45) is 0. The second-order valence-electron chi connectivity index (χ2n) is 6.32. The van der Waals surface area contributed by atoms with Crippen LogP contribution in [0.15, 0.2) is 59.5 Å². The summed E-state index contributed by atoms with van der Waals surface area (Å²) in [6, 6.07) is 16.5. The van der Waals surface area contributed by atoms with E-state index in [1.807, 2.05) is 60.9 Å². The number of carbonyl (C=O) groups excluding carboxylic acids is 2. The van der Waals surface area contributed by atoms with Gasteiger partial charge in [-0.1, -0.05) is 11.6 Å². The number of benzene rings is 2. The smallest absolute Gasteiger partial charge is 0.337 e. The first kappa shape index (κ1) is 20.2. The number of ketones is 1. The minimum atomic E-state index is -0.373. The molecule has 0 aliphatic carbocycles. The molecule has 0 saturated carbocycles. The van der Waals surface area contributed by atoms with Gasteiger partial charge in [0.15, 0.2) is 5.78 Å². The molecule has 1 heterocycles. The highest BCUT2D eigenvalue weighted by Gasteiger charge is 2.17. The summed E-state index contributed by atoms with van der Waals surface area (Å²) in [7, 11) is 1.36. The number of carbonyl (C=O) groups is 2. The first-order valence-corrected chi connectivity index (χ1v) is 10.1. The zero-order valence-corrected chi connectivity index (χ0v) is 17.4. The quantitative estimate of drug-likeness (QED) is 0.304. The van der Waals surface area contributed by atoms with E-state index in [9.17, 15) is 9.59 Å². The molecule has 0 N–H and O–H groups in total. The molecular formula is C22H20ClNO3S. The summed E-state index contributed by atoms with van der Waals surface area (Å²) >= 11 is 7.39. The van der Waals surface area contributed by atoms with Gasteiger partial charge < -0.3 is 9.30 Å². The zero-order chi connectivity index (χ0) is 20.3. The summed E-state index contributed by atoms with van der Waals surface area (Å²) in [6.45, 7) is 3.89. The lowest BCUT2D eigenvalue weighted by atomic mass is 10.2. The highest BCUT2D eigenvalue weighted by Crippen LogP contribution is 2.25. The third-order valence-electron chi connectivity index (χ3n) is 4.46. The molecular weight excluding hydrogens is 394 g/mol. The normalized spacial score (nSPS) is 10.7. The highest BCUT2D eigenvalue weighted by molar-refractivity contribution is 8.00. The molecule has 0 saturated heterocycles. The van der Waals surface area contributed by atoms with Crippen molar-refractivity contribution in [3.63, 3.8) is 0 Å². The predicted molar refractivity (Wildman–Crippen MR) is 113 cm³/mol. The van der Waals surface area contributed by atoms with Gasteiger partial charge in [0.25, 0.3) is 0 Å². The van der Waals surface area contributed by atoms with E-state index in [2.05, 4.69) is 0 Å². The van der Waals surface area contributed by atoms with Gasteiger partial charge in [-0.3, -0.25) is 4.79 Å². The minimum Gasteiger partial charge on any atom is -0.465 e. The molecule has 3 aromatic rings. The Kier molecular flexibility index (Phi) is 6.27. The Bertz CT molecular complexity index is 1010. The van der Waals surface area contributed by atoms with Crippen LogP contribution in [0.3, 0.4) is 0 Å². The lowest BCUT2D eigenvalue weighted by Gasteiger charge is -2.10. The van der Waals surface area contributed by atoms with Gasteiger partial charge in [0, 0.05) is 32.6 Å². The van der Waals surface area contributed by atoms with Crippen LogP contribution in [0.25, 0.3) is 5.69 Å². The predicted octanol–water partition coefficient (Wildman–Crippen LogP) is 5.51. The van der Waals surface area contributed by atoms with Gasteiger partial charge in [0.1, 0.15) is 0 Å². The summed E-state index contributed by atoms with van der Waals surface area (Å²) < 4.78 is 6.75. The fourth-order valence-electron chi connectivity index (χ4n) is 3.06. The first-order valence-electron chi connectivity index (χ1n) is 8.70. The molecule has 0 fully saturated rings. The van der Waals surface area contributed by atoms with E-state index >= 15 is 0 Å². The van der Waals surface area contributed by atoms with Gasteiger partial charge in [-0.15, -0.1) is 11.8 Å². The molecule has 1 aromatic heterocycles. The number of hydrogen-bond donors (Lipinski definition) is 0. The van der Waals surface area contributed by atoms with E-state index in [0.717, 1.165) is 22.0 Å². The lowest BCUT2D eigenvalue weighted by molar-refractivity contribution is 0.0600. The molecule has 0 amide bonds. The van der Waals surface area contributed by atoms with Crippen molar-refractivity contribution >= 4 is 35.1 Å². The number of nitrogens with zero attached hydrogens (tertiary/aromatic N) is 1. The molecule has 0 bridgehead atoms. The summed E-state index contributed by atoms with van der Waals surface area (Å²) in [5.41, 5.74) is 3.93. The summed E-state index contributed by atoms with van der Waals surface area (Å²) in [4.78, 5) is 25.4. The number of aromatic nitrogens is 1. The Morgan fingerprint density at radius 2 is 1.68 bits per heavy atom. The molecule has 6 heteroatoms. The topological polar surface area (TPSA) is 48.3 Å². The van der Waals surface area contributed by atoms with E-state index in [0.29, 0.717) is 21.9 Å². The van der Waals surface area contributed by atoms with Gasteiger partial charge >= 0.3 is 5.97 Å². The number of aryl methyl sites for hydroxylation is 1. The lowest BCUT2D eigenvalue weighted by Crippen LogP contribution is -2.06. The Morgan fingerprint density at radius 3 is 2.29 bits per heavy atom. The molecule has 0 radical (unpaired) electrons. The fraction of sp³-hybridized carbons (Fsp3) is 0.182. The Labute approximate surface area is 173 Å². The maximum Gasteiger partial charge on any atom is 0.337 e. The summed E-state index contributed by atoms with van der Waals surface area (Å²) in [5, 5.41) is 0.678. The molecule has 0 unspecified atom stereocenters. The van der Waals surface area contributed by atoms with Crippen LogP contribution in [0.4, 0.5) is 0 Å². The van der Waals surface area contributed by atoms with Gasteiger partial charge in [0.05, 0.1) is 18.4 Å². The van der Waals surface area contributed by atoms with Crippen LogP contribution in [0.5, 0.6) is 0 Å². The Balaban J connectivity index is 1.80. The van der Waals surface area contributed by atoms with Crippen molar-refractivity contribution in [1.82, 2.24) is 4.57 Å². The van der Waals surface area contributed by atoms with E-state index in [4.69, 9.17) is 16.3 Å². The van der Waals surface area contributed by atoms with Crippen molar-refractivity contribution in [2.45, 2.75) is 18.7 Å². The molecule has 0 spiro atoms. The van der Waals surface area contributed by atoms with Crippen molar-refractivity contribution in [3.05, 3.63) is 82.1 Å². The second kappa shape index (κ2) is 8.67. The molecule has 0 atom stereocenters. The van der Waals surface area contributed by atoms with Crippen LogP contribution in [-0.2, 0) is 4.74 Å². The third kappa shape index (κ3) is 4.32. The Morgan fingerprint density at radius 1 is 1.04 bits per heavy atom. The maximum atomic E-state index is 12.8. The van der Waals surface area contributed by atoms with Crippen molar-refractivity contribution in [2.24, 2.45) is 0 Å². The number of rotatable bonds is 6. The van der Waals surface area contributed by atoms with E-state index in [-0.39, 0.29) is 11.8 Å². The summed E-state index contributed by atoms with van der Waals surface area (Å²) in [5.74, 6) is 0.0563. The second-order valence-corrected chi connectivity index (χ2v) is 7.81. The molecule has 4 nitrogen and oxygen atoms in total. The van der Waals surface area contributed by atoms with E-state index in [1.54, 1.807) is 12.1 Å². The van der Waals surface area contributed by atoms with Crippen LogP contribution < -0.4 is 0 Å². The molecule has 28 heavy (non-hydrogen) atoms. The van der Waals surface area contributed by atoms with Gasteiger partial charge in [-0.25, -0.2) is 4.79 Å². The molecule has 2 aromatic carbocycles. The monoisotopic (exact) mass is 413 g/mol. The van der Waals surface area contributed by atoms with Crippen LogP contribution in [0, 0.1) is 13.8 Å². The average Bonchev–Trinajstić information content (AvgIpc) is 3.01. The SMILES string of the molecule is COC(=O)c1ccc(-n2c(C)cc(C(=O)CSc3ccc(Cl)cc3)c2C)cc1. The number of hydrogen-bond acceptors (Lipinski definition) is 4. The number of halogens is 1. The van der Waals surface area contributed by atoms with Crippen LogP contribution in [0.1, 0.15) is 32.1 Å². The van der Waals surface area contributed by atoms with Gasteiger partial charge in [-0.05, 0) is 68.4 Å². The van der Waals surface area contributed by atoms with Crippen molar-refractivity contribution < 1.29 is 14.3 Å². The molecule has 3 rings (SSSR count). The van der Waals surface area contributed by atoms with Gasteiger partial charge in [0.2, 0.25) is 0 Å². The number of thioether (sulfide) groups is 1. The highest BCUT2D eigenvalue weighted by atomic mass is 35.5. The van der Waals surface area contributed by atoms with Crippen molar-refractivity contribution in [2.75, 3.05) is 12.9 Å².